The summed E-state index contributed by atoms with van der Waals surface area (Å²) in [5, 5.41) is 11.4. The molecule has 0 saturated carbocycles. The van der Waals surface area contributed by atoms with Gasteiger partial charge in [-0.3, -0.25) is 14.8 Å². The number of benzene rings is 2. The number of halogens is 14. The molecule has 2 aromatic carbocycles. The van der Waals surface area contributed by atoms with E-state index in [0.717, 1.165) is 40.8 Å². The van der Waals surface area contributed by atoms with E-state index in [4.69, 9.17) is 0 Å². The molecule has 2 N–H and O–H groups in total. The van der Waals surface area contributed by atoms with E-state index in [9.17, 15) is 67.5 Å². The van der Waals surface area contributed by atoms with E-state index in [1.807, 2.05) is 0 Å². The Labute approximate surface area is 249 Å². The molecule has 1 unspecified atom stereocenters. The number of rotatable bonds is 7. The number of amides is 2. The Hall–Kier alpha value is -3.69. The number of nitrogens with one attached hydrogen (secondary N) is 1. The molecule has 44 heavy (non-hydrogen) atoms. The predicted octanol–water partition coefficient (Wildman–Crippen LogP) is 8.12. The van der Waals surface area contributed by atoms with Crippen LogP contribution >= 0.6 is 22.6 Å². The van der Waals surface area contributed by atoms with Crippen molar-refractivity contribution in [3.8, 4) is 0 Å². The SMILES string of the molecule is O=C(Nc1c(I)cc(C(F)(C(F)(F)F)C(F)(F)C(F)(F)F)cc1C(F)F)c1cccc(N(O)C(=O)c2ccc(F)nc2)c1F. The molecule has 0 aliphatic rings. The maximum atomic E-state index is 15.2. The molecule has 6 nitrogen and oxygen atoms in total. The van der Waals surface area contributed by atoms with Gasteiger partial charge in [0.1, 0.15) is 5.69 Å². The van der Waals surface area contributed by atoms with E-state index in [1.165, 1.54) is 0 Å². The van der Waals surface area contributed by atoms with Crippen LogP contribution in [0, 0.1) is 15.3 Å². The van der Waals surface area contributed by atoms with E-state index in [0.29, 0.717) is 18.3 Å². The summed E-state index contributed by atoms with van der Waals surface area (Å²) in [4.78, 5) is 28.3. The molecular formula is C24H11F13IN3O3. The standard InChI is InChI=1S/C24H11F13IN3O3/c25-15-5-4-9(8-39-15)20(43)41(44)14-3-1-2-11(16(14)26)19(42)40-17-12(18(27)28)6-10(7-13(17)38)21(29,23(32,33)34)22(30,31)24(35,36)37/h1-8,18,44H,(H,40,42). The summed E-state index contributed by atoms with van der Waals surface area (Å²) >= 11 is 0.831. The molecular weight excluding hydrogens is 752 g/mol. The molecule has 0 aliphatic heterocycles. The van der Waals surface area contributed by atoms with Gasteiger partial charge in [-0.1, -0.05) is 6.07 Å². The quantitative estimate of drug-likeness (QED) is 0.0838. The van der Waals surface area contributed by atoms with Crippen molar-refractivity contribution in [2.24, 2.45) is 0 Å². The van der Waals surface area contributed by atoms with Gasteiger partial charge < -0.3 is 5.32 Å². The fourth-order valence-electron chi connectivity index (χ4n) is 3.62. The number of anilines is 2. The van der Waals surface area contributed by atoms with Crippen molar-refractivity contribution in [2.75, 3.05) is 10.4 Å². The number of hydroxylamine groups is 1. The largest absolute Gasteiger partial charge is 0.457 e. The summed E-state index contributed by atoms with van der Waals surface area (Å²) in [5.74, 6) is -13.0. The topological polar surface area (TPSA) is 82.5 Å². The smallest absolute Gasteiger partial charge is 0.320 e. The summed E-state index contributed by atoms with van der Waals surface area (Å²) in [6.45, 7) is 0. The highest BCUT2D eigenvalue weighted by Gasteiger charge is 2.81. The Morgan fingerprint density at radius 3 is 2.02 bits per heavy atom. The van der Waals surface area contributed by atoms with E-state index in [-0.39, 0.29) is 11.1 Å². The highest BCUT2D eigenvalue weighted by atomic mass is 127. The molecule has 0 saturated heterocycles. The normalized spacial score (nSPS) is 13.9. The molecule has 0 spiro atoms. The Kier molecular flexibility index (Phi) is 9.50. The van der Waals surface area contributed by atoms with Gasteiger partial charge >= 0.3 is 23.9 Å². The Morgan fingerprint density at radius 1 is 0.909 bits per heavy atom. The first-order valence-corrected chi connectivity index (χ1v) is 12.2. The number of pyridine rings is 1. The van der Waals surface area contributed by atoms with Crippen LogP contribution in [-0.4, -0.2) is 40.3 Å². The molecule has 1 aromatic heterocycles. The first-order valence-electron chi connectivity index (χ1n) is 11.1. The second kappa shape index (κ2) is 12.0. The third-order valence-corrected chi connectivity index (χ3v) is 6.64. The maximum absolute atomic E-state index is 15.2. The minimum Gasteiger partial charge on any atom is -0.320 e. The van der Waals surface area contributed by atoms with Crippen molar-refractivity contribution in [3.05, 3.63) is 86.3 Å². The van der Waals surface area contributed by atoms with Crippen molar-refractivity contribution in [2.45, 2.75) is 30.4 Å². The van der Waals surface area contributed by atoms with Crippen LogP contribution in [0.2, 0.25) is 0 Å². The molecule has 0 fully saturated rings. The third kappa shape index (κ3) is 6.13. The highest BCUT2D eigenvalue weighted by Crippen LogP contribution is 2.59. The molecule has 3 aromatic rings. The number of carbonyl (C=O) groups excluding carboxylic acids is 2. The summed E-state index contributed by atoms with van der Waals surface area (Å²) in [7, 11) is 0. The van der Waals surface area contributed by atoms with Crippen LogP contribution in [0.5, 0.6) is 0 Å². The lowest BCUT2D eigenvalue weighted by Crippen LogP contribution is -2.59. The van der Waals surface area contributed by atoms with Gasteiger partial charge in [0.15, 0.2) is 5.82 Å². The van der Waals surface area contributed by atoms with Crippen LogP contribution in [0.15, 0.2) is 48.7 Å². The lowest BCUT2D eigenvalue weighted by Gasteiger charge is -2.36. The van der Waals surface area contributed by atoms with Gasteiger partial charge in [-0.2, -0.15) is 44.6 Å². The monoisotopic (exact) mass is 763 g/mol. The molecule has 1 heterocycles. The zero-order valence-electron chi connectivity index (χ0n) is 20.6. The maximum Gasteiger partial charge on any atom is 0.457 e. The van der Waals surface area contributed by atoms with Crippen molar-refractivity contribution >= 4 is 45.8 Å². The van der Waals surface area contributed by atoms with Crippen molar-refractivity contribution < 1.29 is 71.9 Å². The molecule has 20 heteroatoms. The number of aromatic nitrogens is 1. The predicted molar refractivity (Wildman–Crippen MR) is 131 cm³/mol. The van der Waals surface area contributed by atoms with Crippen LogP contribution in [-0.2, 0) is 5.67 Å². The molecule has 0 bridgehead atoms. The summed E-state index contributed by atoms with van der Waals surface area (Å²) in [6.07, 6.45) is -17.5. The minimum absolute atomic E-state index is 0.299. The van der Waals surface area contributed by atoms with Crippen LogP contribution in [0.25, 0.3) is 0 Å². The number of hydrogen-bond acceptors (Lipinski definition) is 4. The number of nitrogens with zero attached hydrogens (tertiary/aromatic N) is 2. The second-order valence-corrected chi connectivity index (χ2v) is 9.69. The summed E-state index contributed by atoms with van der Waals surface area (Å²) < 4.78 is 176. The Balaban J connectivity index is 2.08. The Morgan fingerprint density at radius 2 is 1.52 bits per heavy atom. The minimum atomic E-state index is -7.17. The lowest BCUT2D eigenvalue weighted by molar-refractivity contribution is -0.389. The highest BCUT2D eigenvalue weighted by molar-refractivity contribution is 14.1. The van der Waals surface area contributed by atoms with E-state index in [2.05, 4.69) is 4.98 Å². The van der Waals surface area contributed by atoms with Crippen LogP contribution < -0.4 is 10.4 Å². The van der Waals surface area contributed by atoms with Gasteiger partial charge in [-0.05, 0) is 59.0 Å². The zero-order valence-corrected chi connectivity index (χ0v) is 22.8. The average molecular weight is 763 g/mol. The van der Waals surface area contributed by atoms with E-state index >= 15 is 4.39 Å². The average Bonchev–Trinajstić information content (AvgIpc) is 2.91. The van der Waals surface area contributed by atoms with Gasteiger partial charge in [-0.15, -0.1) is 0 Å². The van der Waals surface area contributed by atoms with Crippen LogP contribution in [0.3, 0.4) is 0 Å². The fraction of sp³-hybridized carbons (Fsp3) is 0.208. The molecule has 1 atom stereocenters. The molecule has 0 aliphatic carbocycles. The van der Waals surface area contributed by atoms with Gasteiger partial charge in [-0.25, -0.2) is 22.5 Å². The third-order valence-electron chi connectivity index (χ3n) is 5.79. The molecule has 238 valence electrons. The van der Waals surface area contributed by atoms with Crippen LogP contribution in [0.1, 0.15) is 38.3 Å². The molecule has 0 radical (unpaired) electrons. The van der Waals surface area contributed by atoms with Crippen molar-refractivity contribution in [3.63, 3.8) is 0 Å². The summed E-state index contributed by atoms with van der Waals surface area (Å²) in [6, 6.07) is 2.85. The van der Waals surface area contributed by atoms with Crippen LogP contribution in [0.4, 0.5) is 68.5 Å². The molecule has 3 rings (SSSR count). The van der Waals surface area contributed by atoms with Crippen molar-refractivity contribution in [1.29, 1.82) is 0 Å². The van der Waals surface area contributed by atoms with Gasteiger partial charge in [0, 0.05) is 20.9 Å². The van der Waals surface area contributed by atoms with Crippen molar-refractivity contribution in [1.82, 2.24) is 4.98 Å². The number of carbonyl (C=O) groups is 2. The van der Waals surface area contributed by atoms with E-state index in [1.54, 1.807) is 5.32 Å². The molecule has 2 amide bonds. The van der Waals surface area contributed by atoms with Gasteiger partial charge in [0.05, 0.1) is 16.8 Å². The number of alkyl halides is 11. The summed E-state index contributed by atoms with van der Waals surface area (Å²) in [5.41, 5.74) is -14.9. The van der Waals surface area contributed by atoms with Gasteiger partial charge in [0.25, 0.3) is 18.2 Å². The zero-order chi connectivity index (χ0) is 33.6. The second-order valence-electron chi connectivity index (χ2n) is 8.53. The first-order chi connectivity index (χ1) is 20.1. The lowest BCUT2D eigenvalue weighted by atomic mass is 9.86. The fourth-order valence-corrected chi connectivity index (χ4v) is 4.40. The van der Waals surface area contributed by atoms with Gasteiger partial charge in [0.2, 0.25) is 5.95 Å². The first kappa shape index (κ1) is 34.8. The van der Waals surface area contributed by atoms with E-state index < -0.39 is 97.2 Å². The number of hydrogen-bond donors (Lipinski definition) is 2. The Bertz CT molecular complexity index is 1580.